The second-order valence-electron chi connectivity index (χ2n) is 6.44. The van der Waals surface area contributed by atoms with E-state index in [0.29, 0.717) is 17.5 Å². The number of amides is 2. The fourth-order valence-corrected chi connectivity index (χ4v) is 3.89. The second kappa shape index (κ2) is 5.33. The first-order valence-corrected chi connectivity index (χ1v) is 8.01. The number of hydrogen-bond donors (Lipinski definition) is 0. The van der Waals surface area contributed by atoms with Crippen molar-refractivity contribution < 1.29 is 14.1 Å². The molecule has 5 heteroatoms. The molecule has 118 valence electrons. The van der Waals surface area contributed by atoms with Crippen LogP contribution in [0, 0.1) is 18.8 Å². The molecule has 2 heterocycles. The summed E-state index contributed by atoms with van der Waals surface area (Å²) >= 11 is 0. The fraction of sp³-hybridized carbons (Fsp3) is 0.389. The number of carbonyl (C=O) groups excluding carboxylic acids is 2. The molecular weight excluding hydrogens is 292 g/mol. The Hall–Kier alpha value is -2.43. The van der Waals surface area contributed by atoms with Gasteiger partial charge in [-0.15, -0.1) is 0 Å². The quantitative estimate of drug-likeness (QED) is 0.800. The van der Waals surface area contributed by atoms with Gasteiger partial charge in [-0.25, -0.2) is 4.90 Å². The highest BCUT2D eigenvalue weighted by Crippen LogP contribution is 2.45. The molecule has 5 nitrogen and oxygen atoms in total. The van der Waals surface area contributed by atoms with E-state index in [1.807, 2.05) is 18.2 Å². The molecule has 1 saturated carbocycles. The molecule has 1 aromatic carbocycles. The molecular formula is C18H18N2O3. The Morgan fingerprint density at radius 3 is 2.52 bits per heavy atom. The number of benzene rings is 1. The van der Waals surface area contributed by atoms with E-state index in [-0.39, 0.29) is 23.7 Å². The molecule has 0 N–H and O–H groups in total. The highest BCUT2D eigenvalue weighted by Gasteiger charge is 2.51. The topological polar surface area (TPSA) is 63.4 Å². The first-order valence-electron chi connectivity index (χ1n) is 8.01. The summed E-state index contributed by atoms with van der Waals surface area (Å²) in [6, 6.07) is 11.9. The van der Waals surface area contributed by atoms with Gasteiger partial charge in [-0.1, -0.05) is 35.5 Å². The zero-order valence-electron chi connectivity index (χ0n) is 12.9. The van der Waals surface area contributed by atoms with E-state index in [1.54, 1.807) is 13.0 Å². The van der Waals surface area contributed by atoms with Gasteiger partial charge in [-0.3, -0.25) is 9.59 Å². The van der Waals surface area contributed by atoms with Crippen LogP contribution in [0.1, 0.15) is 36.5 Å². The predicted octanol–water partition coefficient (Wildman–Crippen LogP) is 3.06. The molecule has 0 radical (unpaired) electrons. The Morgan fingerprint density at radius 1 is 1.09 bits per heavy atom. The van der Waals surface area contributed by atoms with Crippen LogP contribution in [0.4, 0.5) is 5.82 Å². The second-order valence-corrected chi connectivity index (χ2v) is 6.44. The SMILES string of the molecule is Cc1cc(N2C(=O)[C@@H]3CC[C@H](c4ccccc4)C[C@H]3C2=O)no1. The van der Waals surface area contributed by atoms with Gasteiger partial charge < -0.3 is 4.52 Å². The van der Waals surface area contributed by atoms with Gasteiger partial charge in [0, 0.05) is 6.07 Å². The van der Waals surface area contributed by atoms with Crippen LogP contribution < -0.4 is 4.90 Å². The van der Waals surface area contributed by atoms with E-state index in [9.17, 15) is 9.59 Å². The Bertz CT molecular complexity index is 753. The summed E-state index contributed by atoms with van der Waals surface area (Å²) in [6.45, 7) is 1.75. The molecule has 1 aliphatic heterocycles. The fourth-order valence-electron chi connectivity index (χ4n) is 3.89. The summed E-state index contributed by atoms with van der Waals surface area (Å²) in [5, 5.41) is 3.84. The Kier molecular flexibility index (Phi) is 3.29. The Morgan fingerprint density at radius 2 is 1.83 bits per heavy atom. The van der Waals surface area contributed by atoms with Crippen molar-refractivity contribution >= 4 is 17.6 Å². The van der Waals surface area contributed by atoms with E-state index in [1.165, 1.54) is 10.5 Å². The van der Waals surface area contributed by atoms with Gasteiger partial charge in [-0.2, -0.15) is 0 Å². The number of rotatable bonds is 2. The minimum atomic E-state index is -0.238. The van der Waals surface area contributed by atoms with Crippen molar-refractivity contribution in [3.05, 3.63) is 47.7 Å². The maximum absolute atomic E-state index is 12.8. The molecule has 1 saturated heterocycles. The number of imide groups is 1. The largest absolute Gasteiger partial charge is 0.360 e. The van der Waals surface area contributed by atoms with Crippen LogP contribution in [-0.2, 0) is 9.59 Å². The summed E-state index contributed by atoms with van der Waals surface area (Å²) in [5.74, 6) is 0.556. The maximum atomic E-state index is 12.8. The van der Waals surface area contributed by atoms with E-state index in [2.05, 4.69) is 17.3 Å². The van der Waals surface area contributed by atoms with Crippen LogP contribution in [0.3, 0.4) is 0 Å². The van der Waals surface area contributed by atoms with Crippen molar-refractivity contribution in [2.75, 3.05) is 4.90 Å². The lowest BCUT2D eigenvalue weighted by Gasteiger charge is -2.28. The van der Waals surface area contributed by atoms with Crippen LogP contribution in [0.15, 0.2) is 40.9 Å². The summed E-state index contributed by atoms with van der Waals surface area (Å²) in [6.07, 6.45) is 2.42. The van der Waals surface area contributed by atoms with Gasteiger partial charge in [-0.05, 0) is 37.7 Å². The number of nitrogens with zero attached hydrogens (tertiary/aromatic N) is 2. The molecule has 0 spiro atoms. The molecule has 23 heavy (non-hydrogen) atoms. The highest BCUT2D eigenvalue weighted by molar-refractivity contribution is 6.21. The lowest BCUT2D eigenvalue weighted by atomic mass is 9.73. The third kappa shape index (κ3) is 2.27. The van der Waals surface area contributed by atoms with Gasteiger partial charge in [0.15, 0.2) is 5.82 Å². The zero-order valence-corrected chi connectivity index (χ0v) is 12.9. The average Bonchev–Trinajstić information content (AvgIpc) is 3.10. The summed E-state index contributed by atoms with van der Waals surface area (Å²) < 4.78 is 5.02. The number of anilines is 1. The summed E-state index contributed by atoms with van der Waals surface area (Å²) in [4.78, 5) is 26.6. The minimum absolute atomic E-state index is 0.125. The number of aryl methyl sites for hydroxylation is 1. The number of carbonyl (C=O) groups is 2. The molecule has 1 aliphatic carbocycles. The zero-order chi connectivity index (χ0) is 16.0. The monoisotopic (exact) mass is 310 g/mol. The van der Waals surface area contributed by atoms with Gasteiger partial charge in [0.2, 0.25) is 11.8 Å². The van der Waals surface area contributed by atoms with Gasteiger partial charge in [0.05, 0.1) is 11.8 Å². The predicted molar refractivity (Wildman–Crippen MR) is 83.7 cm³/mol. The molecule has 4 rings (SSSR count). The van der Waals surface area contributed by atoms with Crippen LogP contribution in [0.5, 0.6) is 0 Å². The smallest absolute Gasteiger partial charge is 0.239 e. The number of aromatic nitrogens is 1. The molecule has 2 fully saturated rings. The lowest BCUT2D eigenvalue weighted by molar-refractivity contribution is -0.122. The van der Waals surface area contributed by atoms with E-state index < -0.39 is 0 Å². The molecule has 2 amide bonds. The molecule has 0 bridgehead atoms. The van der Waals surface area contributed by atoms with E-state index in [4.69, 9.17) is 4.52 Å². The third-order valence-electron chi connectivity index (χ3n) is 5.04. The first kappa shape index (κ1) is 14.2. The molecule has 3 atom stereocenters. The van der Waals surface area contributed by atoms with Crippen molar-refractivity contribution in [1.82, 2.24) is 5.16 Å². The van der Waals surface area contributed by atoms with Crippen molar-refractivity contribution in [1.29, 1.82) is 0 Å². The van der Waals surface area contributed by atoms with Crippen molar-refractivity contribution in [2.45, 2.75) is 32.1 Å². The number of fused-ring (bicyclic) bond motifs is 1. The van der Waals surface area contributed by atoms with Crippen LogP contribution >= 0.6 is 0 Å². The maximum Gasteiger partial charge on any atom is 0.239 e. The van der Waals surface area contributed by atoms with Crippen molar-refractivity contribution in [3.63, 3.8) is 0 Å². The van der Waals surface area contributed by atoms with Crippen LogP contribution in [0.2, 0.25) is 0 Å². The Balaban J connectivity index is 1.60. The summed E-state index contributed by atoms with van der Waals surface area (Å²) in [7, 11) is 0. The van der Waals surface area contributed by atoms with Crippen molar-refractivity contribution in [3.8, 4) is 0 Å². The first-order chi connectivity index (χ1) is 11.1. The highest BCUT2D eigenvalue weighted by atomic mass is 16.5. The number of hydrogen-bond acceptors (Lipinski definition) is 4. The van der Waals surface area contributed by atoms with Crippen LogP contribution in [0.25, 0.3) is 0 Å². The van der Waals surface area contributed by atoms with Gasteiger partial charge in [0.25, 0.3) is 0 Å². The van der Waals surface area contributed by atoms with Crippen LogP contribution in [-0.4, -0.2) is 17.0 Å². The lowest BCUT2D eigenvalue weighted by Crippen LogP contribution is -2.31. The van der Waals surface area contributed by atoms with E-state index >= 15 is 0 Å². The molecule has 2 aromatic rings. The molecule has 0 unspecified atom stereocenters. The standard InChI is InChI=1S/C18H18N2O3/c1-11-9-16(19-23-11)20-17(21)14-8-7-13(10-15(14)18(20)22)12-5-3-2-4-6-12/h2-6,9,13-15H,7-8,10H2,1H3/t13-,14+,15+/m0/s1. The normalized spacial score (nSPS) is 27.3. The minimum Gasteiger partial charge on any atom is -0.360 e. The van der Waals surface area contributed by atoms with E-state index in [0.717, 1.165) is 19.3 Å². The van der Waals surface area contributed by atoms with Crippen molar-refractivity contribution in [2.24, 2.45) is 11.8 Å². The molecule has 1 aromatic heterocycles. The van der Waals surface area contributed by atoms with Gasteiger partial charge >= 0.3 is 0 Å². The average molecular weight is 310 g/mol. The Labute approximate surface area is 134 Å². The summed E-state index contributed by atoms with van der Waals surface area (Å²) in [5.41, 5.74) is 1.25. The third-order valence-corrected chi connectivity index (χ3v) is 5.04. The van der Waals surface area contributed by atoms with Gasteiger partial charge in [0.1, 0.15) is 5.76 Å². The molecule has 2 aliphatic rings.